The van der Waals surface area contributed by atoms with Crippen LogP contribution in [-0.2, 0) is 6.54 Å². The highest BCUT2D eigenvalue weighted by atomic mass is 16.2. The van der Waals surface area contributed by atoms with Crippen molar-refractivity contribution in [3.8, 4) is 0 Å². The van der Waals surface area contributed by atoms with E-state index in [4.69, 9.17) is 0 Å². The topological polar surface area (TPSA) is 57.3 Å². The van der Waals surface area contributed by atoms with Gasteiger partial charge in [0.1, 0.15) is 5.82 Å². The van der Waals surface area contributed by atoms with Crippen molar-refractivity contribution >= 4 is 28.3 Å². The molecule has 0 spiro atoms. The van der Waals surface area contributed by atoms with Crippen LogP contribution in [0.3, 0.4) is 0 Å². The minimum Gasteiger partial charge on any atom is -0.357 e. The molecule has 1 aromatic heterocycles. The molecule has 2 N–H and O–H groups in total. The van der Waals surface area contributed by atoms with E-state index in [0.717, 1.165) is 40.9 Å². The molecule has 0 aliphatic carbocycles. The molecule has 5 nitrogen and oxygen atoms in total. The molecule has 1 aliphatic heterocycles. The Kier molecular flexibility index (Phi) is 4.69. The van der Waals surface area contributed by atoms with Gasteiger partial charge in [-0.2, -0.15) is 0 Å². The second kappa shape index (κ2) is 7.44. The number of carbonyl (C=O) groups excluding carboxylic acids is 1. The third-order valence-electron chi connectivity index (χ3n) is 4.73. The van der Waals surface area contributed by atoms with E-state index in [1.165, 1.54) is 12.8 Å². The van der Waals surface area contributed by atoms with Crippen LogP contribution in [0.5, 0.6) is 0 Å². The number of aromatic nitrogens is 1. The first kappa shape index (κ1) is 16.4. The number of pyridine rings is 1. The highest BCUT2D eigenvalue weighted by Gasteiger charge is 2.13. The Labute approximate surface area is 153 Å². The van der Waals surface area contributed by atoms with Gasteiger partial charge in [-0.25, -0.2) is 9.78 Å². The van der Waals surface area contributed by atoms with Crippen LogP contribution < -0.4 is 15.5 Å². The van der Waals surface area contributed by atoms with Gasteiger partial charge in [0.05, 0.1) is 5.69 Å². The molecule has 0 saturated carbocycles. The molecule has 2 aromatic carbocycles. The van der Waals surface area contributed by atoms with Gasteiger partial charge in [-0.15, -0.1) is 0 Å². The molecule has 0 radical (unpaired) electrons. The molecule has 1 fully saturated rings. The van der Waals surface area contributed by atoms with Crippen LogP contribution in [0.25, 0.3) is 10.8 Å². The van der Waals surface area contributed by atoms with Crippen molar-refractivity contribution in [1.29, 1.82) is 0 Å². The zero-order chi connectivity index (χ0) is 17.8. The Morgan fingerprint density at radius 2 is 1.81 bits per heavy atom. The maximum Gasteiger partial charge on any atom is 0.319 e. The minimum absolute atomic E-state index is 0.218. The summed E-state index contributed by atoms with van der Waals surface area (Å²) in [6.07, 6.45) is 4.31. The van der Waals surface area contributed by atoms with Crippen LogP contribution in [0.4, 0.5) is 16.3 Å². The van der Waals surface area contributed by atoms with Gasteiger partial charge in [-0.05, 0) is 35.9 Å². The summed E-state index contributed by atoms with van der Waals surface area (Å²) in [5.41, 5.74) is 1.80. The molecular formula is C21H22N4O. The molecule has 0 atom stereocenters. The average molecular weight is 346 g/mol. The summed E-state index contributed by atoms with van der Waals surface area (Å²) in [6.45, 7) is 2.61. The number of fused-ring (bicyclic) bond motifs is 1. The predicted molar refractivity (Wildman–Crippen MR) is 105 cm³/mol. The first-order chi connectivity index (χ1) is 12.8. The number of hydrogen-bond acceptors (Lipinski definition) is 3. The van der Waals surface area contributed by atoms with E-state index >= 15 is 0 Å². The molecule has 3 aromatic rings. The number of nitrogens with one attached hydrogen (secondary N) is 2. The maximum atomic E-state index is 12.3. The SMILES string of the molecule is O=C(NCc1ccc(N2CCCC2)nc1)Nc1cccc2ccccc12. The lowest BCUT2D eigenvalue weighted by Crippen LogP contribution is -2.28. The van der Waals surface area contributed by atoms with Gasteiger partial charge < -0.3 is 15.5 Å². The fourth-order valence-electron chi connectivity index (χ4n) is 3.34. The van der Waals surface area contributed by atoms with Crippen LogP contribution in [0.1, 0.15) is 18.4 Å². The van der Waals surface area contributed by atoms with Gasteiger partial charge in [-0.3, -0.25) is 0 Å². The largest absolute Gasteiger partial charge is 0.357 e. The summed E-state index contributed by atoms with van der Waals surface area (Å²) in [4.78, 5) is 19.1. The Bertz CT molecular complexity index is 896. The number of amides is 2. The number of benzene rings is 2. The predicted octanol–water partition coefficient (Wildman–Crippen LogP) is 4.16. The summed E-state index contributed by atoms with van der Waals surface area (Å²) in [7, 11) is 0. The second-order valence-electron chi connectivity index (χ2n) is 6.55. The summed E-state index contributed by atoms with van der Waals surface area (Å²) in [6, 6.07) is 17.7. The van der Waals surface area contributed by atoms with E-state index in [0.29, 0.717) is 6.54 Å². The van der Waals surface area contributed by atoms with Crippen molar-refractivity contribution < 1.29 is 4.79 Å². The van der Waals surface area contributed by atoms with Gasteiger partial charge in [0, 0.05) is 31.2 Å². The number of rotatable bonds is 4. The zero-order valence-corrected chi connectivity index (χ0v) is 14.6. The Morgan fingerprint density at radius 3 is 2.62 bits per heavy atom. The molecule has 2 heterocycles. The molecular weight excluding hydrogens is 324 g/mol. The summed E-state index contributed by atoms with van der Waals surface area (Å²) in [5, 5.41) is 7.96. The second-order valence-corrected chi connectivity index (χ2v) is 6.55. The molecule has 132 valence electrons. The molecule has 4 rings (SSSR count). The third kappa shape index (κ3) is 3.61. The lowest BCUT2D eigenvalue weighted by Gasteiger charge is -2.16. The molecule has 1 aliphatic rings. The van der Waals surface area contributed by atoms with E-state index in [2.05, 4.69) is 20.5 Å². The molecule has 26 heavy (non-hydrogen) atoms. The molecule has 0 bridgehead atoms. The Morgan fingerprint density at radius 1 is 1.00 bits per heavy atom. The maximum absolute atomic E-state index is 12.3. The van der Waals surface area contributed by atoms with Gasteiger partial charge in [-0.1, -0.05) is 42.5 Å². The third-order valence-corrected chi connectivity index (χ3v) is 4.73. The van der Waals surface area contributed by atoms with Gasteiger partial charge in [0.25, 0.3) is 0 Å². The zero-order valence-electron chi connectivity index (χ0n) is 14.6. The fourth-order valence-corrected chi connectivity index (χ4v) is 3.34. The van der Waals surface area contributed by atoms with E-state index in [-0.39, 0.29) is 6.03 Å². The molecule has 5 heteroatoms. The standard InChI is InChI=1S/C21H22N4O/c26-21(24-19-9-5-7-17-6-1-2-8-18(17)19)23-15-16-10-11-20(22-14-16)25-12-3-4-13-25/h1-2,5-11,14H,3-4,12-13,15H2,(H2,23,24,26). The molecule has 2 amide bonds. The summed E-state index contributed by atoms with van der Waals surface area (Å²) < 4.78 is 0. The normalized spacial score (nSPS) is 13.8. The first-order valence-electron chi connectivity index (χ1n) is 9.02. The van der Waals surface area contributed by atoms with E-state index in [1.807, 2.05) is 60.8 Å². The highest BCUT2D eigenvalue weighted by molar-refractivity contribution is 6.01. The Balaban J connectivity index is 1.36. The number of nitrogens with zero attached hydrogens (tertiary/aromatic N) is 2. The number of anilines is 2. The Hall–Kier alpha value is -3.08. The lowest BCUT2D eigenvalue weighted by molar-refractivity contribution is 0.252. The van der Waals surface area contributed by atoms with Crippen molar-refractivity contribution in [2.45, 2.75) is 19.4 Å². The molecule has 1 saturated heterocycles. The van der Waals surface area contributed by atoms with Crippen molar-refractivity contribution in [3.05, 3.63) is 66.4 Å². The summed E-state index contributed by atoms with van der Waals surface area (Å²) >= 11 is 0. The van der Waals surface area contributed by atoms with Crippen molar-refractivity contribution in [2.24, 2.45) is 0 Å². The fraction of sp³-hybridized carbons (Fsp3) is 0.238. The van der Waals surface area contributed by atoms with Crippen molar-refractivity contribution in [2.75, 3.05) is 23.3 Å². The lowest BCUT2D eigenvalue weighted by atomic mass is 10.1. The first-order valence-corrected chi connectivity index (χ1v) is 9.02. The average Bonchev–Trinajstić information content (AvgIpc) is 3.22. The summed E-state index contributed by atoms with van der Waals surface area (Å²) in [5.74, 6) is 1.02. The highest BCUT2D eigenvalue weighted by Crippen LogP contribution is 2.22. The van der Waals surface area contributed by atoms with Crippen LogP contribution in [0.15, 0.2) is 60.8 Å². The van der Waals surface area contributed by atoms with Crippen LogP contribution in [0, 0.1) is 0 Å². The monoisotopic (exact) mass is 346 g/mol. The smallest absolute Gasteiger partial charge is 0.319 e. The van der Waals surface area contributed by atoms with E-state index in [1.54, 1.807) is 0 Å². The minimum atomic E-state index is -0.218. The van der Waals surface area contributed by atoms with Gasteiger partial charge in [0.15, 0.2) is 0 Å². The van der Waals surface area contributed by atoms with Crippen LogP contribution >= 0.6 is 0 Å². The molecule has 0 unspecified atom stereocenters. The number of urea groups is 1. The number of carbonyl (C=O) groups is 1. The van der Waals surface area contributed by atoms with Crippen LogP contribution in [-0.4, -0.2) is 24.1 Å². The van der Waals surface area contributed by atoms with Crippen molar-refractivity contribution in [1.82, 2.24) is 10.3 Å². The van der Waals surface area contributed by atoms with E-state index < -0.39 is 0 Å². The van der Waals surface area contributed by atoms with Gasteiger partial charge in [0.2, 0.25) is 0 Å². The van der Waals surface area contributed by atoms with Crippen LogP contribution in [0.2, 0.25) is 0 Å². The quantitative estimate of drug-likeness (QED) is 0.746. The van der Waals surface area contributed by atoms with Gasteiger partial charge >= 0.3 is 6.03 Å². The van der Waals surface area contributed by atoms with Crippen molar-refractivity contribution in [3.63, 3.8) is 0 Å². The van der Waals surface area contributed by atoms with E-state index in [9.17, 15) is 4.79 Å². The number of hydrogen-bond donors (Lipinski definition) is 2.